The molecule has 0 radical (unpaired) electrons. The number of benzene rings is 3. The van der Waals surface area contributed by atoms with E-state index in [1.54, 1.807) is 18.1 Å². The number of nitrogens with zero attached hydrogens (tertiary/aromatic N) is 2. The average Bonchev–Trinajstić information content (AvgIpc) is 3.54. The van der Waals surface area contributed by atoms with E-state index in [0.717, 1.165) is 39.4 Å². The fourth-order valence-corrected chi connectivity index (χ4v) is 8.23. The van der Waals surface area contributed by atoms with E-state index in [2.05, 4.69) is 23.8 Å². The summed E-state index contributed by atoms with van der Waals surface area (Å²) in [4.78, 5) is 29.1. The summed E-state index contributed by atoms with van der Waals surface area (Å²) in [5.74, 6) is 0.0865. The van der Waals surface area contributed by atoms with Crippen LogP contribution in [0.5, 0.6) is 5.75 Å². The van der Waals surface area contributed by atoms with Crippen molar-refractivity contribution >= 4 is 22.0 Å². The fourth-order valence-electron chi connectivity index (χ4n) is 6.81. The van der Waals surface area contributed by atoms with E-state index >= 15 is 0 Å². The Morgan fingerprint density at radius 2 is 1.67 bits per heavy atom. The Kier molecular flexibility index (Phi) is 16.3. The minimum absolute atomic E-state index is 0.0537. The van der Waals surface area contributed by atoms with E-state index in [-0.39, 0.29) is 44.0 Å². The van der Waals surface area contributed by atoms with Gasteiger partial charge < -0.3 is 25.2 Å². The van der Waals surface area contributed by atoms with Crippen LogP contribution in [0.25, 0.3) is 0 Å². The first-order valence-corrected chi connectivity index (χ1v) is 20.2. The van der Waals surface area contributed by atoms with Gasteiger partial charge in [0.1, 0.15) is 18.4 Å². The van der Waals surface area contributed by atoms with Gasteiger partial charge in [0.2, 0.25) is 15.9 Å². The molecule has 0 saturated carbocycles. The van der Waals surface area contributed by atoms with E-state index in [0.29, 0.717) is 25.0 Å². The molecule has 5 atom stereocenters. The first-order chi connectivity index (χ1) is 26.0. The van der Waals surface area contributed by atoms with Crippen molar-refractivity contribution < 1.29 is 32.6 Å². The van der Waals surface area contributed by atoms with Gasteiger partial charge in [-0.15, -0.1) is 13.2 Å². The van der Waals surface area contributed by atoms with Crippen molar-refractivity contribution in [3.05, 3.63) is 126 Å². The smallest absolute Gasteiger partial charge is 0.410 e. The molecule has 0 fully saturated rings. The van der Waals surface area contributed by atoms with Crippen LogP contribution in [-0.2, 0) is 32.6 Å². The van der Waals surface area contributed by atoms with Crippen LogP contribution in [-0.4, -0.2) is 85.9 Å². The number of sulfonamides is 1. The van der Waals surface area contributed by atoms with Gasteiger partial charge in [0.25, 0.3) is 0 Å². The molecule has 12 heteroatoms. The lowest BCUT2D eigenvalue weighted by molar-refractivity contribution is -0.126. The van der Waals surface area contributed by atoms with Gasteiger partial charge in [0.15, 0.2) is 0 Å². The molecule has 0 saturated heterocycles. The molecule has 54 heavy (non-hydrogen) atoms. The molecule has 1 aliphatic rings. The highest BCUT2D eigenvalue weighted by Crippen LogP contribution is 2.44. The van der Waals surface area contributed by atoms with Crippen molar-refractivity contribution in [2.75, 3.05) is 33.0 Å². The highest BCUT2D eigenvalue weighted by Gasteiger charge is 2.38. The number of hydrogen-bond donors (Lipinski definition) is 3. The molecule has 0 heterocycles. The maximum Gasteiger partial charge on any atom is 0.410 e. The predicted octanol–water partition coefficient (Wildman–Crippen LogP) is 6.08. The standard InChI is InChI=1S/C42H56N4O7S/c1-6-9-16-25-54(50,51)45(4)38(17-7-2)41(48)44-37(26-31-18-12-10-13-19-31)40(47)29-43-36-28-39(34-23-22-33(52-5)27-35(34)36)46(24-8-3)42(49)53-30-32-20-14-11-15-21-32/h7-8,10-15,18-23,27,36-40,43,47H,2-3,6,9,16-17,24-26,28-30H2,1,4-5H3,(H,44,48)/t36-,37-,38-,39+,40+/m0/s1. The van der Waals surface area contributed by atoms with Gasteiger partial charge in [-0.05, 0) is 60.1 Å². The molecule has 11 nitrogen and oxygen atoms in total. The van der Waals surface area contributed by atoms with Crippen molar-refractivity contribution in [3.8, 4) is 5.75 Å². The number of methoxy groups -OCH3 is 1. The van der Waals surface area contributed by atoms with Crippen LogP contribution in [0.4, 0.5) is 4.79 Å². The van der Waals surface area contributed by atoms with Crippen molar-refractivity contribution in [3.63, 3.8) is 0 Å². The third kappa shape index (κ3) is 11.5. The number of carbonyl (C=O) groups is 2. The van der Waals surface area contributed by atoms with Gasteiger partial charge in [0, 0.05) is 26.2 Å². The minimum atomic E-state index is -3.71. The summed E-state index contributed by atoms with van der Waals surface area (Å²) in [7, 11) is -0.695. The molecule has 0 bridgehead atoms. The molecular weight excluding hydrogens is 705 g/mol. The Labute approximate surface area is 321 Å². The van der Waals surface area contributed by atoms with E-state index in [4.69, 9.17) is 9.47 Å². The Balaban J connectivity index is 1.54. The summed E-state index contributed by atoms with van der Waals surface area (Å²) < 4.78 is 38.8. The minimum Gasteiger partial charge on any atom is -0.497 e. The number of likely N-dealkylation sites (N-methyl/N-ethyl adjacent to an activating group) is 1. The molecule has 3 N–H and O–H groups in total. The number of hydrogen-bond acceptors (Lipinski definition) is 8. The lowest BCUT2D eigenvalue weighted by Crippen LogP contribution is -2.55. The third-order valence-electron chi connectivity index (χ3n) is 9.87. The zero-order chi connectivity index (χ0) is 39.1. The van der Waals surface area contributed by atoms with Gasteiger partial charge in [-0.25, -0.2) is 13.2 Å². The number of aliphatic hydroxyl groups excluding tert-OH is 1. The number of amides is 2. The lowest BCUT2D eigenvalue weighted by atomic mass is 9.99. The van der Waals surface area contributed by atoms with Crippen LogP contribution in [0.15, 0.2) is 104 Å². The molecule has 1 aliphatic carbocycles. The molecule has 0 unspecified atom stereocenters. The second kappa shape index (κ2) is 20.8. The molecule has 0 aliphatic heterocycles. The van der Waals surface area contributed by atoms with E-state index < -0.39 is 40.2 Å². The van der Waals surface area contributed by atoms with Crippen LogP contribution in [0.1, 0.15) is 73.4 Å². The molecule has 3 aromatic carbocycles. The molecule has 4 rings (SSSR count). The molecule has 292 valence electrons. The third-order valence-corrected chi connectivity index (χ3v) is 11.8. The average molecular weight is 761 g/mol. The van der Waals surface area contributed by atoms with Crippen molar-refractivity contribution in [1.82, 2.24) is 19.8 Å². The largest absolute Gasteiger partial charge is 0.497 e. The number of unbranched alkanes of at least 4 members (excludes halogenated alkanes) is 2. The summed E-state index contributed by atoms with van der Waals surface area (Å²) in [5.41, 5.74) is 3.61. The summed E-state index contributed by atoms with van der Waals surface area (Å²) in [6, 6.07) is 22.3. The summed E-state index contributed by atoms with van der Waals surface area (Å²) >= 11 is 0. The van der Waals surface area contributed by atoms with Gasteiger partial charge in [-0.2, -0.15) is 4.31 Å². The highest BCUT2D eigenvalue weighted by molar-refractivity contribution is 7.89. The van der Waals surface area contributed by atoms with Crippen molar-refractivity contribution in [1.29, 1.82) is 0 Å². The molecule has 2 amide bonds. The number of carbonyl (C=O) groups excluding carboxylic acids is 2. The summed E-state index contributed by atoms with van der Waals surface area (Å²) in [6.45, 7) is 10.1. The van der Waals surface area contributed by atoms with Crippen LogP contribution in [0.3, 0.4) is 0 Å². The van der Waals surface area contributed by atoms with Crippen LogP contribution >= 0.6 is 0 Å². The van der Waals surface area contributed by atoms with E-state index in [9.17, 15) is 23.1 Å². The Bertz CT molecular complexity index is 1770. The fraction of sp³-hybridized carbons (Fsp3) is 0.429. The van der Waals surface area contributed by atoms with Crippen molar-refractivity contribution in [2.45, 2.75) is 82.3 Å². The number of aliphatic hydroxyl groups is 1. The van der Waals surface area contributed by atoms with Gasteiger partial charge >= 0.3 is 6.09 Å². The van der Waals surface area contributed by atoms with Crippen LogP contribution < -0.4 is 15.4 Å². The maximum atomic E-state index is 13.9. The SMILES string of the molecule is C=CC[C@@H](C(=O)N[C@@H](Cc1ccccc1)[C@H](O)CN[C@H]1C[C@@H](N(CC=C)C(=O)OCc2ccccc2)c2ccc(OC)cc21)N(C)S(=O)(=O)CCCCC. The molecule has 0 aromatic heterocycles. The second-order valence-corrected chi connectivity index (χ2v) is 15.8. The second-order valence-electron chi connectivity index (χ2n) is 13.6. The number of nitrogens with one attached hydrogen (secondary N) is 2. The lowest BCUT2D eigenvalue weighted by Gasteiger charge is -2.31. The van der Waals surface area contributed by atoms with Crippen LogP contribution in [0.2, 0.25) is 0 Å². The first-order valence-electron chi connectivity index (χ1n) is 18.6. The van der Waals surface area contributed by atoms with Crippen molar-refractivity contribution in [2.24, 2.45) is 0 Å². The monoisotopic (exact) mass is 760 g/mol. The maximum absolute atomic E-state index is 13.9. The quantitative estimate of drug-likeness (QED) is 0.0829. The topological polar surface area (TPSA) is 138 Å². The molecule has 3 aromatic rings. The van der Waals surface area contributed by atoms with E-state index in [1.807, 2.05) is 85.8 Å². The van der Waals surface area contributed by atoms with Gasteiger partial charge in [-0.3, -0.25) is 9.69 Å². The number of ether oxygens (including phenoxy) is 2. The van der Waals surface area contributed by atoms with Crippen LogP contribution in [0, 0.1) is 0 Å². The normalized spacial score (nSPS) is 16.8. The molecule has 0 spiro atoms. The number of rotatable bonds is 22. The van der Waals surface area contributed by atoms with Gasteiger partial charge in [0.05, 0.1) is 31.1 Å². The first kappa shape index (κ1) is 42.3. The Hall–Kier alpha value is -4.49. The summed E-state index contributed by atoms with van der Waals surface area (Å²) in [6.07, 6.45) is 4.71. The van der Waals surface area contributed by atoms with E-state index in [1.165, 1.54) is 13.1 Å². The number of fused-ring (bicyclic) bond motifs is 1. The highest BCUT2D eigenvalue weighted by atomic mass is 32.2. The predicted molar refractivity (Wildman–Crippen MR) is 212 cm³/mol. The Morgan fingerprint density at radius 3 is 2.30 bits per heavy atom. The van der Waals surface area contributed by atoms with Gasteiger partial charge in [-0.1, -0.05) is 98.6 Å². The zero-order valence-electron chi connectivity index (χ0n) is 31.7. The Morgan fingerprint density at radius 1 is 0.981 bits per heavy atom. The summed E-state index contributed by atoms with van der Waals surface area (Å²) in [5, 5.41) is 18.2. The molecular formula is C42H56N4O7S. The zero-order valence-corrected chi connectivity index (χ0v) is 32.5.